The number of amides is 1. The fourth-order valence-electron chi connectivity index (χ4n) is 2.52. The first-order valence-electron chi connectivity index (χ1n) is 8.39. The fraction of sp³-hybridized carbons (Fsp3) is 0.150. The van der Waals surface area contributed by atoms with Crippen LogP contribution in [-0.4, -0.2) is 30.6 Å². The molecule has 0 saturated heterocycles. The van der Waals surface area contributed by atoms with E-state index in [2.05, 4.69) is 10.3 Å². The lowest BCUT2D eigenvalue weighted by molar-refractivity contribution is 0.0529. The number of hydrogen-bond donors (Lipinski definition) is 1. The van der Waals surface area contributed by atoms with E-state index in [0.29, 0.717) is 32.6 Å². The van der Waals surface area contributed by atoms with E-state index >= 15 is 0 Å². The number of thiophene rings is 1. The molecule has 0 aliphatic rings. The molecule has 1 aromatic carbocycles. The molecule has 0 unspecified atom stereocenters. The first-order chi connectivity index (χ1) is 13.5. The molecule has 0 spiro atoms. The number of halogens is 1. The fourth-order valence-corrected chi connectivity index (χ4v) is 3.59. The van der Waals surface area contributed by atoms with Crippen molar-refractivity contribution in [3.63, 3.8) is 0 Å². The zero-order valence-electron chi connectivity index (χ0n) is 15.2. The summed E-state index contributed by atoms with van der Waals surface area (Å²) in [6, 6.07) is 10.4. The summed E-state index contributed by atoms with van der Waals surface area (Å²) in [4.78, 5) is 29.0. The zero-order valence-corrected chi connectivity index (χ0v) is 16.8. The highest BCUT2D eigenvalue weighted by molar-refractivity contribution is 7.15. The highest BCUT2D eigenvalue weighted by Gasteiger charge is 2.23. The van der Waals surface area contributed by atoms with Gasteiger partial charge >= 0.3 is 5.97 Å². The molecule has 6 nitrogen and oxygen atoms in total. The number of hydrogen-bond acceptors (Lipinski definition) is 6. The Hall–Kier alpha value is -2.90. The molecule has 0 aliphatic carbocycles. The van der Waals surface area contributed by atoms with Crippen LogP contribution in [-0.2, 0) is 4.74 Å². The molecule has 0 radical (unpaired) electrons. The van der Waals surface area contributed by atoms with Crippen LogP contribution in [0.4, 0.5) is 5.00 Å². The highest BCUT2D eigenvalue weighted by Crippen LogP contribution is 2.37. The Morgan fingerprint density at radius 3 is 2.54 bits per heavy atom. The summed E-state index contributed by atoms with van der Waals surface area (Å²) in [6.45, 7) is 1.96. The van der Waals surface area contributed by atoms with Gasteiger partial charge in [0.15, 0.2) is 0 Å². The third-order valence-electron chi connectivity index (χ3n) is 3.89. The predicted octanol–water partition coefficient (Wildman–Crippen LogP) is 4.90. The van der Waals surface area contributed by atoms with Crippen LogP contribution in [0.2, 0.25) is 5.15 Å². The van der Waals surface area contributed by atoms with E-state index < -0.39 is 11.9 Å². The Morgan fingerprint density at radius 1 is 1.18 bits per heavy atom. The van der Waals surface area contributed by atoms with Crippen molar-refractivity contribution in [1.82, 2.24) is 4.98 Å². The minimum Gasteiger partial charge on any atom is -0.497 e. The number of esters is 1. The molecule has 0 fully saturated rings. The van der Waals surface area contributed by atoms with Gasteiger partial charge in [-0.3, -0.25) is 4.79 Å². The average Bonchev–Trinajstić information content (AvgIpc) is 3.12. The predicted molar refractivity (Wildman–Crippen MR) is 109 cm³/mol. The minimum absolute atomic E-state index is 0.227. The molecule has 0 saturated carbocycles. The number of aromatic nitrogens is 1. The molecule has 144 valence electrons. The molecule has 0 atom stereocenters. The van der Waals surface area contributed by atoms with Crippen molar-refractivity contribution in [2.75, 3.05) is 19.0 Å². The van der Waals surface area contributed by atoms with Crippen molar-refractivity contribution in [3.8, 4) is 16.9 Å². The van der Waals surface area contributed by atoms with Crippen LogP contribution in [0.15, 0.2) is 48.0 Å². The van der Waals surface area contributed by atoms with Crippen LogP contribution < -0.4 is 10.1 Å². The van der Waals surface area contributed by atoms with Crippen LogP contribution in [0.25, 0.3) is 11.1 Å². The molecule has 2 heterocycles. The smallest absolute Gasteiger partial charge is 0.341 e. The number of methoxy groups -OCH3 is 1. The third-order valence-corrected chi connectivity index (χ3v) is 5.01. The number of nitrogens with one attached hydrogen (secondary N) is 1. The molecule has 2 aromatic heterocycles. The summed E-state index contributed by atoms with van der Waals surface area (Å²) < 4.78 is 10.4. The van der Waals surface area contributed by atoms with E-state index in [0.717, 1.165) is 5.56 Å². The summed E-state index contributed by atoms with van der Waals surface area (Å²) in [5.41, 5.74) is 2.13. The van der Waals surface area contributed by atoms with Gasteiger partial charge in [0.2, 0.25) is 0 Å². The van der Waals surface area contributed by atoms with Crippen LogP contribution in [0.1, 0.15) is 27.6 Å². The van der Waals surface area contributed by atoms with Crippen molar-refractivity contribution in [3.05, 3.63) is 64.3 Å². The number of nitrogens with zero attached hydrogens (tertiary/aromatic N) is 1. The lowest BCUT2D eigenvalue weighted by Crippen LogP contribution is -2.15. The maximum absolute atomic E-state index is 12.6. The van der Waals surface area contributed by atoms with E-state index in [1.807, 2.05) is 17.5 Å². The summed E-state index contributed by atoms with van der Waals surface area (Å²) >= 11 is 7.01. The quantitative estimate of drug-likeness (QED) is 0.456. The van der Waals surface area contributed by atoms with Crippen LogP contribution in [0, 0.1) is 0 Å². The molecule has 1 N–H and O–H groups in total. The number of ether oxygens (including phenoxy) is 2. The van der Waals surface area contributed by atoms with E-state index in [9.17, 15) is 9.59 Å². The van der Waals surface area contributed by atoms with Gasteiger partial charge in [0.1, 0.15) is 21.5 Å². The summed E-state index contributed by atoms with van der Waals surface area (Å²) in [7, 11) is 1.59. The van der Waals surface area contributed by atoms with Gasteiger partial charge in [0, 0.05) is 17.1 Å². The van der Waals surface area contributed by atoms with Gasteiger partial charge < -0.3 is 14.8 Å². The second-order valence-electron chi connectivity index (χ2n) is 5.63. The van der Waals surface area contributed by atoms with Gasteiger partial charge in [-0.15, -0.1) is 11.3 Å². The van der Waals surface area contributed by atoms with Gasteiger partial charge in [-0.05, 0) is 36.8 Å². The molecular formula is C20H17ClN2O4S. The largest absolute Gasteiger partial charge is 0.497 e. The number of rotatable bonds is 6. The highest BCUT2D eigenvalue weighted by atomic mass is 35.5. The maximum atomic E-state index is 12.6. The van der Waals surface area contributed by atoms with Crippen LogP contribution >= 0.6 is 22.9 Å². The number of pyridine rings is 1. The van der Waals surface area contributed by atoms with Gasteiger partial charge in [-0.1, -0.05) is 23.7 Å². The average molecular weight is 417 g/mol. The molecule has 3 aromatic rings. The number of benzene rings is 1. The molecular weight excluding hydrogens is 400 g/mol. The van der Waals surface area contributed by atoms with Crippen molar-refractivity contribution in [1.29, 1.82) is 0 Å². The Labute approximate surface area is 171 Å². The van der Waals surface area contributed by atoms with Crippen molar-refractivity contribution in [2.24, 2.45) is 0 Å². The van der Waals surface area contributed by atoms with Crippen LogP contribution in [0.3, 0.4) is 0 Å². The normalized spacial score (nSPS) is 10.4. The van der Waals surface area contributed by atoms with E-state index in [-0.39, 0.29) is 6.61 Å². The lowest BCUT2D eigenvalue weighted by atomic mass is 10.0. The Bertz CT molecular complexity index is 984. The second-order valence-corrected chi connectivity index (χ2v) is 6.89. The van der Waals surface area contributed by atoms with Gasteiger partial charge in [-0.25, -0.2) is 9.78 Å². The Balaban J connectivity index is 1.96. The van der Waals surface area contributed by atoms with Gasteiger partial charge in [0.25, 0.3) is 5.91 Å². The Morgan fingerprint density at radius 2 is 1.93 bits per heavy atom. The monoisotopic (exact) mass is 416 g/mol. The summed E-state index contributed by atoms with van der Waals surface area (Å²) in [5, 5.41) is 5.28. The topological polar surface area (TPSA) is 77.5 Å². The lowest BCUT2D eigenvalue weighted by Gasteiger charge is -2.09. The molecule has 8 heteroatoms. The van der Waals surface area contributed by atoms with Crippen molar-refractivity contribution in [2.45, 2.75) is 6.92 Å². The van der Waals surface area contributed by atoms with E-state index in [1.165, 1.54) is 23.6 Å². The summed E-state index contributed by atoms with van der Waals surface area (Å²) in [6.07, 6.45) is 1.37. The first-order valence-corrected chi connectivity index (χ1v) is 9.65. The van der Waals surface area contributed by atoms with Crippen molar-refractivity contribution < 1.29 is 19.1 Å². The molecule has 1 amide bonds. The molecule has 3 rings (SSSR count). The second kappa shape index (κ2) is 8.86. The Kier molecular flexibility index (Phi) is 6.28. The number of anilines is 1. The summed E-state index contributed by atoms with van der Waals surface area (Å²) in [5.74, 6) is -0.183. The van der Waals surface area contributed by atoms with Gasteiger partial charge in [0.05, 0.1) is 19.3 Å². The van der Waals surface area contributed by atoms with E-state index in [4.69, 9.17) is 21.1 Å². The maximum Gasteiger partial charge on any atom is 0.341 e. The molecule has 0 aliphatic heterocycles. The van der Waals surface area contributed by atoms with Gasteiger partial charge in [-0.2, -0.15) is 0 Å². The van der Waals surface area contributed by atoms with Crippen molar-refractivity contribution >= 4 is 39.8 Å². The number of carbonyl (C=O) groups is 2. The first kappa shape index (κ1) is 19.9. The van der Waals surface area contributed by atoms with Crippen LogP contribution in [0.5, 0.6) is 5.75 Å². The standard InChI is InChI=1S/C20H17ClN2O4S/c1-3-27-20(25)17-15(12-4-7-14(26-2)8-5-12)11-28-19(17)23-18(24)13-6-9-16(21)22-10-13/h4-11H,3H2,1-2H3,(H,23,24). The minimum atomic E-state index is -0.501. The SMILES string of the molecule is CCOC(=O)c1c(-c2ccc(OC)cc2)csc1NC(=O)c1ccc(Cl)nc1. The van der Waals surface area contributed by atoms with E-state index in [1.54, 1.807) is 32.2 Å². The third kappa shape index (κ3) is 4.32. The number of carbonyl (C=O) groups excluding carboxylic acids is 2. The zero-order chi connectivity index (χ0) is 20.1. The molecule has 28 heavy (non-hydrogen) atoms. The molecule has 0 bridgehead atoms.